The molecule has 0 saturated carbocycles. The van der Waals surface area contributed by atoms with Gasteiger partial charge >= 0.3 is 0 Å². The lowest BCUT2D eigenvalue weighted by molar-refractivity contribution is 0.0934. The Bertz CT molecular complexity index is 829. The topological polar surface area (TPSA) is 79.8 Å². The summed E-state index contributed by atoms with van der Waals surface area (Å²) in [7, 11) is 1.90. The number of aromatic amines is 1. The van der Waals surface area contributed by atoms with Crippen LogP contribution in [-0.4, -0.2) is 26.5 Å². The van der Waals surface area contributed by atoms with Crippen LogP contribution in [0.4, 0.5) is 0 Å². The fraction of sp³-hybridized carbons (Fsp3) is 0.500. The van der Waals surface area contributed by atoms with Gasteiger partial charge in [-0.1, -0.05) is 0 Å². The van der Waals surface area contributed by atoms with Crippen LogP contribution in [0.3, 0.4) is 0 Å². The number of hydrogen-bond acceptors (Lipinski definition) is 3. The molecule has 1 amide bonds. The standard InChI is InChI=1S/C18H24N4O2/c1-9-15-13(7-6-8-14(15)23)20-17(9)18(24)19-10(2)16-11(3)21-22(5)12(16)4/h10,20H,6-8H2,1-5H3,(H,19,24)/t10-/m0/s1. The van der Waals surface area contributed by atoms with Crippen LogP contribution < -0.4 is 5.32 Å². The Kier molecular flexibility index (Phi) is 4.07. The number of aryl methyl sites for hydroxylation is 3. The van der Waals surface area contributed by atoms with Gasteiger partial charge in [-0.05, 0) is 46.1 Å². The number of H-pyrrole nitrogens is 1. The number of rotatable bonds is 3. The SMILES string of the molecule is Cc1nn(C)c(C)c1[C@H](C)NC(=O)c1[nH]c2c(c1C)C(=O)CCC2. The van der Waals surface area contributed by atoms with Gasteiger partial charge in [0.05, 0.1) is 11.7 Å². The molecule has 3 rings (SSSR count). The number of aromatic nitrogens is 3. The molecule has 2 N–H and O–H groups in total. The number of nitrogens with zero attached hydrogens (tertiary/aromatic N) is 2. The first-order valence-corrected chi connectivity index (χ1v) is 8.36. The summed E-state index contributed by atoms with van der Waals surface area (Å²) in [6.45, 7) is 7.74. The molecule has 2 heterocycles. The molecule has 1 atom stereocenters. The lowest BCUT2D eigenvalue weighted by atomic mass is 9.94. The minimum absolute atomic E-state index is 0.135. The van der Waals surface area contributed by atoms with Crippen molar-refractivity contribution in [3.05, 3.63) is 39.5 Å². The van der Waals surface area contributed by atoms with Crippen LogP contribution in [0.5, 0.6) is 0 Å². The van der Waals surface area contributed by atoms with Gasteiger partial charge in [0.2, 0.25) is 0 Å². The van der Waals surface area contributed by atoms with E-state index in [0.29, 0.717) is 17.7 Å². The van der Waals surface area contributed by atoms with Crippen LogP contribution in [0.15, 0.2) is 0 Å². The highest BCUT2D eigenvalue weighted by atomic mass is 16.2. The maximum Gasteiger partial charge on any atom is 0.268 e. The maximum absolute atomic E-state index is 12.7. The lowest BCUT2D eigenvalue weighted by Gasteiger charge is -2.15. The van der Waals surface area contributed by atoms with Crippen LogP contribution in [0, 0.1) is 20.8 Å². The third kappa shape index (κ3) is 2.56. The Hall–Kier alpha value is -2.37. The molecule has 6 heteroatoms. The van der Waals surface area contributed by atoms with Crippen molar-refractivity contribution in [2.24, 2.45) is 7.05 Å². The molecule has 0 saturated heterocycles. The quantitative estimate of drug-likeness (QED) is 0.909. The predicted molar refractivity (Wildman–Crippen MR) is 91.4 cm³/mol. The first kappa shape index (κ1) is 16.5. The summed E-state index contributed by atoms with van der Waals surface area (Å²) in [6.07, 6.45) is 2.24. The number of ketones is 1. The summed E-state index contributed by atoms with van der Waals surface area (Å²) in [4.78, 5) is 28.0. The first-order valence-electron chi connectivity index (χ1n) is 8.36. The van der Waals surface area contributed by atoms with Crippen molar-refractivity contribution in [3.8, 4) is 0 Å². The zero-order valence-electron chi connectivity index (χ0n) is 14.9. The molecule has 6 nitrogen and oxygen atoms in total. The summed E-state index contributed by atoms with van der Waals surface area (Å²) in [5, 5.41) is 7.44. The van der Waals surface area contributed by atoms with Crippen molar-refractivity contribution in [2.75, 3.05) is 0 Å². The molecule has 2 aromatic heterocycles. The highest BCUT2D eigenvalue weighted by Crippen LogP contribution is 2.27. The normalized spacial score (nSPS) is 15.3. The van der Waals surface area contributed by atoms with Crippen LogP contribution in [0.2, 0.25) is 0 Å². The molecule has 0 radical (unpaired) electrons. The summed E-state index contributed by atoms with van der Waals surface area (Å²) in [5.74, 6) is -0.0408. The van der Waals surface area contributed by atoms with E-state index < -0.39 is 0 Å². The summed E-state index contributed by atoms with van der Waals surface area (Å²) in [5.41, 5.74) is 5.87. The third-order valence-electron chi connectivity index (χ3n) is 5.01. The van der Waals surface area contributed by atoms with Gasteiger partial charge in [-0.15, -0.1) is 0 Å². The first-order chi connectivity index (χ1) is 11.3. The number of amides is 1. The Morgan fingerprint density at radius 1 is 1.29 bits per heavy atom. The molecule has 0 aliphatic heterocycles. The second-order valence-corrected chi connectivity index (χ2v) is 6.66. The van der Waals surface area contributed by atoms with Crippen molar-refractivity contribution in [1.29, 1.82) is 0 Å². The monoisotopic (exact) mass is 328 g/mol. The van der Waals surface area contributed by atoms with E-state index >= 15 is 0 Å². The molecule has 0 bridgehead atoms. The van der Waals surface area contributed by atoms with E-state index in [4.69, 9.17) is 0 Å². The second-order valence-electron chi connectivity index (χ2n) is 6.66. The molecule has 1 aliphatic rings. The Morgan fingerprint density at radius 3 is 2.58 bits per heavy atom. The minimum atomic E-state index is -0.176. The number of nitrogens with one attached hydrogen (secondary N) is 2. The summed E-state index contributed by atoms with van der Waals surface area (Å²) in [6, 6.07) is -0.151. The molecule has 1 aliphatic carbocycles. The van der Waals surface area contributed by atoms with Crippen LogP contribution in [0.1, 0.15) is 74.9 Å². The molecule has 0 unspecified atom stereocenters. The lowest BCUT2D eigenvalue weighted by Crippen LogP contribution is -2.28. The zero-order valence-corrected chi connectivity index (χ0v) is 14.9. The average molecular weight is 328 g/mol. The number of fused-ring (bicyclic) bond motifs is 1. The van der Waals surface area contributed by atoms with E-state index in [1.807, 2.05) is 39.4 Å². The average Bonchev–Trinajstić information content (AvgIpc) is 2.97. The van der Waals surface area contributed by atoms with Crippen molar-refractivity contribution >= 4 is 11.7 Å². The summed E-state index contributed by atoms with van der Waals surface area (Å²) >= 11 is 0. The van der Waals surface area contributed by atoms with Crippen LogP contribution in [0.25, 0.3) is 0 Å². The van der Waals surface area contributed by atoms with Crippen molar-refractivity contribution in [2.45, 2.75) is 53.0 Å². The van der Waals surface area contributed by atoms with Gasteiger partial charge in [0.15, 0.2) is 5.78 Å². The summed E-state index contributed by atoms with van der Waals surface area (Å²) < 4.78 is 1.82. The van der Waals surface area contributed by atoms with Gasteiger partial charge in [-0.2, -0.15) is 5.10 Å². The van der Waals surface area contributed by atoms with Gasteiger partial charge in [0.1, 0.15) is 5.69 Å². The number of Topliss-reactive ketones (excluding diaryl/α,β-unsaturated/α-hetero) is 1. The Balaban J connectivity index is 1.87. The van der Waals surface area contributed by atoms with Crippen LogP contribution >= 0.6 is 0 Å². The van der Waals surface area contributed by atoms with Gasteiger partial charge in [-0.3, -0.25) is 14.3 Å². The highest BCUT2D eigenvalue weighted by Gasteiger charge is 2.27. The zero-order chi connectivity index (χ0) is 17.6. The van der Waals surface area contributed by atoms with Crippen molar-refractivity contribution < 1.29 is 9.59 Å². The predicted octanol–water partition coefficient (Wildman–Crippen LogP) is 2.68. The van der Waals surface area contributed by atoms with Gasteiger partial charge in [0, 0.05) is 36.0 Å². The van der Waals surface area contributed by atoms with E-state index in [-0.39, 0.29) is 17.7 Å². The van der Waals surface area contributed by atoms with Crippen LogP contribution in [-0.2, 0) is 13.5 Å². The van der Waals surface area contributed by atoms with Gasteiger partial charge < -0.3 is 10.3 Å². The smallest absolute Gasteiger partial charge is 0.268 e. The molecular formula is C18H24N4O2. The molecule has 0 spiro atoms. The van der Waals surface area contributed by atoms with Gasteiger partial charge in [0.25, 0.3) is 5.91 Å². The fourth-order valence-corrected chi connectivity index (χ4v) is 3.76. The Labute approximate surface area is 141 Å². The Morgan fingerprint density at radius 2 is 2.00 bits per heavy atom. The van der Waals surface area contributed by atoms with E-state index in [1.165, 1.54) is 0 Å². The second kappa shape index (κ2) is 5.92. The van der Waals surface area contributed by atoms with E-state index in [1.54, 1.807) is 0 Å². The maximum atomic E-state index is 12.7. The molecule has 128 valence electrons. The van der Waals surface area contributed by atoms with E-state index in [9.17, 15) is 9.59 Å². The molecule has 24 heavy (non-hydrogen) atoms. The van der Waals surface area contributed by atoms with E-state index in [2.05, 4.69) is 15.4 Å². The van der Waals surface area contributed by atoms with E-state index in [0.717, 1.165) is 41.1 Å². The molecule has 0 fully saturated rings. The molecule has 0 aromatic carbocycles. The molecule has 2 aromatic rings. The molecular weight excluding hydrogens is 304 g/mol. The van der Waals surface area contributed by atoms with Gasteiger partial charge in [-0.25, -0.2) is 0 Å². The number of carbonyl (C=O) groups is 2. The van der Waals surface area contributed by atoms with Crippen molar-refractivity contribution in [3.63, 3.8) is 0 Å². The largest absolute Gasteiger partial charge is 0.354 e. The highest BCUT2D eigenvalue weighted by molar-refractivity contribution is 6.04. The fourth-order valence-electron chi connectivity index (χ4n) is 3.76. The van der Waals surface area contributed by atoms with Crippen molar-refractivity contribution in [1.82, 2.24) is 20.1 Å². The third-order valence-corrected chi connectivity index (χ3v) is 5.01. The minimum Gasteiger partial charge on any atom is -0.354 e. The number of carbonyl (C=O) groups excluding carboxylic acids is 2. The number of hydrogen-bond donors (Lipinski definition) is 2.